The fourth-order valence-electron chi connectivity index (χ4n) is 2.48. The summed E-state index contributed by atoms with van der Waals surface area (Å²) in [5, 5.41) is 6.46. The van der Waals surface area contributed by atoms with Crippen LogP contribution in [0.4, 0.5) is 0 Å². The van der Waals surface area contributed by atoms with Gasteiger partial charge in [-0.05, 0) is 36.1 Å². The van der Waals surface area contributed by atoms with E-state index in [4.69, 9.17) is 4.74 Å². The molecule has 2 aromatic carbocycles. The lowest BCUT2D eigenvalue weighted by molar-refractivity contribution is -0.123. The van der Waals surface area contributed by atoms with E-state index < -0.39 is 0 Å². The predicted octanol–water partition coefficient (Wildman–Crippen LogP) is 2.80. The summed E-state index contributed by atoms with van der Waals surface area (Å²) in [4.78, 5) is 12.5. The lowest BCUT2D eigenvalue weighted by Gasteiger charge is -2.19. The molecule has 1 atom stereocenters. The molecule has 0 spiro atoms. The summed E-state index contributed by atoms with van der Waals surface area (Å²) < 4.78 is 5.17. The Morgan fingerprint density at radius 1 is 1.13 bits per heavy atom. The second-order valence-corrected chi connectivity index (χ2v) is 5.86. The van der Waals surface area contributed by atoms with Gasteiger partial charge in [0.1, 0.15) is 11.8 Å². The van der Waals surface area contributed by atoms with Crippen LogP contribution in [0.2, 0.25) is 0 Å². The standard InChI is InChI=1S/C19H22N2O2/c1-23-17-11-7-14(8-12-17)13-20-18(15-5-3-2-4-6-15)19(22)21-16-9-10-16/h2-8,11-12,16,18,20H,9-10,13H2,1H3,(H,21,22). The lowest BCUT2D eigenvalue weighted by Crippen LogP contribution is -2.38. The Labute approximate surface area is 136 Å². The highest BCUT2D eigenvalue weighted by Crippen LogP contribution is 2.21. The van der Waals surface area contributed by atoms with Crippen LogP contribution in [-0.4, -0.2) is 19.1 Å². The van der Waals surface area contributed by atoms with Crippen LogP contribution in [0.5, 0.6) is 5.75 Å². The number of carbonyl (C=O) groups is 1. The molecule has 0 aliphatic heterocycles. The first-order valence-corrected chi connectivity index (χ1v) is 7.98. The van der Waals surface area contributed by atoms with E-state index in [2.05, 4.69) is 10.6 Å². The number of carbonyl (C=O) groups excluding carboxylic acids is 1. The minimum absolute atomic E-state index is 0.0483. The van der Waals surface area contributed by atoms with E-state index in [0.717, 1.165) is 29.7 Å². The number of methoxy groups -OCH3 is 1. The van der Waals surface area contributed by atoms with Gasteiger partial charge < -0.3 is 10.1 Å². The van der Waals surface area contributed by atoms with Crippen molar-refractivity contribution in [3.8, 4) is 5.75 Å². The average molecular weight is 310 g/mol. The summed E-state index contributed by atoms with van der Waals surface area (Å²) in [5.41, 5.74) is 2.10. The molecule has 0 heterocycles. The fourth-order valence-corrected chi connectivity index (χ4v) is 2.48. The zero-order valence-electron chi connectivity index (χ0n) is 13.3. The van der Waals surface area contributed by atoms with E-state index in [-0.39, 0.29) is 11.9 Å². The molecule has 0 bridgehead atoms. The highest BCUT2D eigenvalue weighted by Gasteiger charge is 2.28. The Hall–Kier alpha value is -2.33. The van der Waals surface area contributed by atoms with Gasteiger partial charge in [0.25, 0.3) is 0 Å². The van der Waals surface area contributed by atoms with Gasteiger partial charge in [-0.2, -0.15) is 0 Å². The molecule has 4 nitrogen and oxygen atoms in total. The Morgan fingerprint density at radius 2 is 1.83 bits per heavy atom. The monoisotopic (exact) mass is 310 g/mol. The number of benzene rings is 2. The number of hydrogen-bond donors (Lipinski definition) is 2. The van der Waals surface area contributed by atoms with Gasteiger partial charge >= 0.3 is 0 Å². The van der Waals surface area contributed by atoms with Crippen LogP contribution in [0.3, 0.4) is 0 Å². The van der Waals surface area contributed by atoms with E-state index in [0.29, 0.717) is 12.6 Å². The van der Waals surface area contributed by atoms with Crippen molar-refractivity contribution in [2.45, 2.75) is 31.5 Å². The molecule has 120 valence electrons. The van der Waals surface area contributed by atoms with Crippen molar-refractivity contribution < 1.29 is 9.53 Å². The van der Waals surface area contributed by atoms with Crippen LogP contribution in [0.1, 0.15) is 30.0 Å². The van der Waals surface area contributed by atoms with E-state index in [1.165, 1.54) is 0 Å². The van der Waals surface area contributed by atoms with Gasteiger partial charge in [-0.1, -0.05) is 42.5 Å². The summed E-state index contributed by atoms with van der Waals surface area (Å²) in [6.07, 6.45) is 2.18. The molecule has 3 rings (SSSR count). The van der Waals surface area contributed by atoms with Crippen molar-refractivity contribution in [1.82, 2.24) is 10.6 Å². The van der Waals surface area contributed by atoms with Crippen LogP contribution in [0.15, 0.2) is 54.6 Å². The van der Waals surface area contributed by atoms with Crippen molar-refractivity contribution >= 4 is 5.91 Å². The SMILES string of the molecule is COc1ccc(CNC(C(=O)NC2CC2)c2ccccc2)cc1. The molecule has 1 aliphatic rings. The van der Waals surface area contributed by atoms with Crippen LogP contribution in [0.25, 0.3) is 0 Å². The molecule has 0 radical (unpaired) electrons. The molecule has 2 aromatic rings. The van der Waals surface area contributed by atoms with Crippen molar-refractivity contribution in [1.29, 1.82) is 0 Å². The maximum Gasteiger partial charge on any atom is 0.241 e. The summed E-state index contributed by atoms with van der Waals surface area (Å²) in [7, 11) is 1.65. The molecule has 4 heteroatoms. The zero-order chi connectivity index (χ0) is 16.1. The van der Waals surface area contributed by atoms with Gasteiger partial charge in [0.2, 0.25) is 5.91 Å². The molecule has 1 fully saturated rings. The molecule has 1 aliphatic carbocycles. The van der Waals surface area contributed by atoms with Crippen LogP contribution < -0.4 is 15.4 Å². The normalized spacial score (nSPS) is 15.0. The summed E-state index contributed by atoms with van der Waals surface area (Å²) in [6, 6.07) is 17.7. The molecule has 1 amide bonds. The summed E-state index contributed by atoms with van der Waals surface area (Å²) in [5.74, 6) is 0.882. The number of amides is 1. The van der Waals surface area contributed by atoms with Crippen LogP contribution >= 0.6 is 0 Å². The highest BCUT2D eigenvalue weighted by atomic mass is 16.5. The second-order valence-electron chi connectivity index (χ2n) is 5.86. The third-order valence-electron chi connectivity index (χ3n) is 3.99. The van der Waals surface area contributed by atoms with Gasteiger partial charge in [0.05, 0.1) is 7.11 Å². The first-order chi connectivity index (χ1) is 11.3. The van der Waals surface area contributed by atoms with Crippen LogP contribution in [0, 0.1) is 0 Å². The van der Waals surface area contributed by atoms with Crippen molar-refractivity contribution in [3.63, 3.8) is 0 Å². The third kappa shape index (κ3) is 4.33. The van der Waals surface area contributed by atoms with Crippen molar-refractivity contribution in [2.75, 3.05) is 7.11 Å². The maximum atomic E-state index is 12.5. The summed E-state index contributed by atoms with van der Waals surface area (Å²) >= 11 is 0. The molecule has 23 heavy (non-hydrogen) atoms. The van der Waals surface area contributed by atoms with Crippen LogP contribution in [-0.2, 0) is 11.3 Å². The maximum absolute atomic E-state index is 12.5. The number of nitrogens with one attached hydrogen (secondary N) is 2. The molecule has 0 aromatic heterocycles. The smallest absolute Gasteiger partial charge is 0.241 e. The molecule has 2 N–H and O–H groups in total. The van der Waals surface area contributed by atoms with E-state index >= 15 is 0 Å². The molecular weight excluding hydrogens is 288 g/mol. The minimum Gasteiger partial charge on any atom is -0.497 e. The van der Waals surface area contributed by atoms with Gasteiger partial charge in [-0.3, -0.25) is 10.1 Å². The Balaban J connectivity index is 1.68. The van der Waals surface area contributed by atoms with Gasteiger partial charge in [-0.15, -0.1) is 0 Å². The third-order valence-corrected chi connectivity index (χ3v) is 3.99. The van der Waals surface area contributed by atoms with E-state index in [1.807, 2.05) is 54.6 Å². The minimum atomic E-state index is -0.334. The average Bonchev–Trinajstić information content (AvgIpc) is 3.40. The fraction of sp³-hybridized carbons (Fsp3) is 0.316. The molecular formula is C19H22N2O2. The summed E-state index contributed by atoms with van der Waals surface area (Å²) in [6.45, 7) is 0.627. The van der Waals surface area contributed by atoms with Crippen molar-refractivity contribution in [2.24, 2.45) is 0 Å². The van der Waals surface area contributed by atoms with Gasteiger partial charge in [0.15, 0.2) is 0 Å². The topological polar surface area (TPSA) is 50.4 Å². The first-order valence-electron chi connectivity index (χ1n) is 7.98. The Kier molecular flexibility index (Phi) is 4.93. The lowest BCUT2D eigenvalue weighted by atomic mass is 10.1. The zero-order valence-corrected chi connectivity index (χ0v) is 13.3. The quantitative estimate of drug-likeness (QED) is 0.827. The van der Waals surface area contributed by atoms with Gasteiger partial charge in [0, 0.05) is 12.6 Å². The van der Waals surface area contributed by atoms with Gasteiger partial charge in [-0.25, -0.2) is 0 Å². The number of ether oxygens (including phenoxy) is 1. The molecule has 0 saturated heterocycles. The number of rotatable bonds is 7. The Morgan fingerprint density at radius 3 is 2.43 bits per heavy atom. The van der Waals surface area contributed by atoms with E-state index in [9.17, 15) is 4.79 Å². The number of hydrogen-bond acceptors (Lipinski definition) is 3. The predicted molar refractivity (Wildman–Crippen MR) is 90.2 cm³/mol. The first kappa shape index (κ1) is 15.6. The molecule has 1 saturated carbocycles. The highest BCUT2D eigenvalue weighted by molar-refractivity contribution is 5.83. The second kappa shape index (κ2) is 7.29. The molecule has 1 unspecified atom stereocenters. The van der Waals surface area contributed by atoms with E-state index in [1.54, 1.807) is 7.11 Å². The Bertz CT molecular complexity index is 636. The largest absolute Gasteiger partial charge is 0.497 e. The van der Waals surface area contributed by atoms with Crippen molar-refractivity contribution in [3.05, 3.63) is 65.7 Å².